The van der Waals surface area contributed by atoms with E-state index < -0.39 is 29.7 Å². The van der Waals surface area contributed by atoms with E-state index in [1.165, 1.54) is 11.3 Å². The number of carbonyl (C=O) groups excluding carboxylic acids is 5. The molecule has 4 atom stereocenters. The van der Waals surface area contributed by atoms with Crippen molar-refractivity contribution in [2.45, 2.75) is 75.4 Å². The predicted molar refractivity (Wildman–Crippen MR) is 222 cm³/mol. The van der Waals surface area contributed by atoms with E-state index in [4.69, 9.17) is 0 Å². The topological polar surface area (TPSA) is 117 Å². The molecule has 13 heteroatoms. The second-order valence-corrected chi connectivity index (χ2v) is 17.6. The van der Waals surface area contributed by atoms with Crippen LogP contribution in [0.1, 0.15) is 94.3 Å². The molecule has 12 nitrogen and oxygen atoms in total. The fourth-order valence-corrected chi connectivity index (χ4v) is 10.7. The number of amides is 5. The van der Waals surface area contributed by atoms with Gasteiger partial charge in [0, 0.05) is 100 Å². The van der Waals surface area contributed by atoms with Crippen molar-refractivity contribution >= 4 is 40.9 Å². The molecule has 1 aliphatic carbocycles. The van der Waals surface area contributed by atoms with Gasteiger partial charge in [-0.1, -0.05) is 24.3 Å². The molecular formula is C46H54FN7O5. The molecule has 5 aliphatic heterocycles. The number of nitrogens with zero attached hydrogens (tertiary/aromatic N) is 6. The number of hydrogen-bond donors (Lipinski definition) is 1. The van der Waals surface area contributed by atoms with Gasteiger partial charge in [0.15, 0.2) is 0 Å². The van der Waals surface area contributed by atoms with Gasteiger partial charge in [-0.15, -0.1) is 0 Å². The minimum absolute atomic E-state index is 0.0721. The normalized spacial score (nSPS) is 25.3. The lowest BCUT2D eigenvalue weighted by Crippen LogP contribution is -2.54. The van der Waals surface area contributed by atoms with E-state index in [9.17, 15) is 28.4 Å². The summed E-state index contributed by atoms with van der Waals surface area (Å²) in [6.45, 7) is 6.43. The van der Waals surface area contributed by atoms with Crippen LogP contribution in [-0.2, 0) is 20.8 Å². The summed E-state index contributed by atoms with van der Waals surface area (Å²) >= 11 is 0. The number of nitrogens with one attached hydrogen (secondary N) is 1. The molecule has 59 heavy (non-hydrogen) atoms. The Hall–Kier alpha value is -5.14. The Bertz CT molecular complexity index is 2140. The molecule has 6 aliphatic rings. The Balaban J connectivity index is 0.731. The van der Waals surface area contributed by atoms with Crippen LogP contribution in [0, 0.1) is 11.7 Å². The molecule has 3 aromatic rings. The highest BCUT2D eigenvalue weighted by molar-refractivity contribution is 6.23. The zero-order valence-corrected chi connectivity index (χ0v) is 34.1. The van der Waals surface area contributed by atoms with Crippen LogP contribution in [0.15, 0.2) is 60.7 Å². The van der Waals surface area contributed by atoms with Crippen LogP contribution in [0.2, 0.25) is 0 Å². The number of anilines is 2. The quantitative estimate of drug-likeness (QED) is 0.311. The minimum atomic E-state index is -0.980. The van der Waals surface area contributed by atoms with Crippen LogP contribution >= 0.6 is 0 Å². The van der Waals surface area contributed by atoms with Gasteiger partial charge in [-0.25, -0.2) is 4.39 Å². The fraction of sp³-hybridized carbons (Fsp3) is 0.500. The first-order valence-corrected chi connectivity index (χ1v) is 21.4. The van der Waals surface area contributed by atoms with Gasteiger partial charge in [0.1, 0.15) is 11.9 Å². The first kappa shape index (κ1) is 39.3. The third kappa shape index (κ3) is 7.52. The van der Waals surface area contributed by atoms with E-state index in [0.717, 1.165) is 93.1 Å². The molecule has 5 amide bonds. The lowest BCUT2D eigenvalue weighted by Gasteiger charge is -2.37. The van der Waals surface area contributed by atoms with Crippen molar-refractivity contribution in [2.75, 3.05) is 76.3 Å². The highest BCUT2D eigenvalue weighted by atomic mass is 19.1. The van der Waals surface area contributed by atoms with Crippen LogP contribution in [0.4, 0.5) is 15.8 Å². The molecule has 9 rings (SSSR count). The number of rotatable bonds is 9. The van der Waals surface area contributed by atoms with E-state index in [0.29, 0.717) is 43.0 Å². The number of likely N-dealkylation sites (tertiary alicyclic amines) is 1. The molecule has 1 N–H and O–H groups in total. The van der Waals surface area contributed by atoms with Crippen LogP contribution in [0.25, 0.3) is 0 Å². The third-order valence-corrected chi connectivity index (χ3v) is 14.1. The largest absolute Gasteiger partial charge is 0.371 e. The molecule has 0 radical (unpaired) electrons. The van der Waals surface area contributed by atoms with Gasteiger partial charge in [0.25, 0.3) is 11.8 Å². The SMILES string of the molecule is CN(C)[C@H]1CN(C2CCc3cccc(F)c32)C[C@@H]1c1ccc(N2CCN(C(=O)CCC3CCN(c4ccc5c(c4)C(=O)N(C4CCC(=O)NC4=O)C5=O)CC3)CC2)cc1. The van der Waals surface area contributed by atoms with Crippen molar-refractivity contribution in [1.29, 1.82) is 0 Å². The highest BCUT2D eigenvalue weighted by Crippen LogP contribution is 2.43. The summed E-state index contributed by atoms with van der Waals surface area (Å²) in [5.74, 6) is -1.08. The second-order valence-electron chi connectivity index (χ2n) is 17.6. The second kappa shape index (κ2) is 16.1. The molecule has 310 valence electrons. The minimum Gasteiger partial charge on any atom is -0.371 e. The van der Waals surface area contributed by atoms with Gasteiger partial charge in [-0.2, -0.15) is 0 Å². The summed E-state index contributed by atoms with van der Waals surface area (Å²) in [4.78, 5) is 76.3. The molecule has 0 bridgehead atoms. The Morgan fingerprint density at radius 2 is 1.46 bits per heavy atom. The number of piperazine rings is 1. The predicted octanol–water partition coefficient (Wildman–Crippen LogP) is 4.59. The van der Waals surface area contributed by atoms with Gasteiger partial charge in [0.05, 0.1) is 11.1 Å². The molecular weight excluding hydrogens is 750 g/mol. The number of fused-ring (bicyclic) bond motifs is 2. The van der Waals surface area contributed by atoms with E-state index in [1.54, 1.807) is 18.2 Å². The number of piperidine rings is 2. The van der Waals surface area contributed by atoms with Gasteiger partial charge in [0.2, 0.25) is 17.7 Å². The number of imide groups is 2. The molecule has 4 saturated heterocycles. The summed E-state index contributed by atoms with van der Waals surface area (Å²) in [7, 11) is 4.30. The zero-order chi connectivity index (χ0) is 40.9. The molecule has 0 spiro atoms. The Morgan fingerprint density at radius 3 is 2.19 bits per heavy atom. The maximum Gasteiger partial charge on any atom is 0.262 e. The van der Waals surface area contributed by atoms with Crippen molar-refractivity contribution in [2.24, 2.45) is 5.92 Å². The van der Waals surface area contributed by atoms with E-state index >= 15 is 0 Å². The number of carbonyl (C=O) groups is 5. The monoisotopic (exact) mass is 803 g/mol. The molecule has 2 unspecified atom stereocenters. The maximum atomic E-state index is 14.9. The highest BCUT2D eigenvalue weighted by Gasteiger charge is 2.45. The van der Waals surface area contributed by atoms with Crippen molar-refractivity contribution in [3.05, 3.63) is 94.3 Å². The fourth-order valence-electron chi connectivity index (χ4n) is 10.7. The van der Waals surface area contributed by atoms with Gasteiger partial charge < -0.3 is 19.6 Å². The first-order chi connectivity index (χ1) is 28.5. The van der Waals surface area contributed by atoms with Crippen LogP contribution in [0.5, 0.6) is 0 Å². The maximum absolute atomic E-state index is 14.9. The van der Waals surface area contributed by atoms with Gasteiger partial charge in [-0.3, -0.25) is 39.1 Å². The van der Waals surface area contributed by atoms with Gasteiger partial charge >= 0.3 is 0 Å². The van der Waals surface area contributed by atoms with Crippen LogP contribution in [-0.4, -0.2) is 128 Å². The van der Waals surface area contributed by atoms with E-state index in [-0.39, 0.29) is 36.2 Å². The summed E-state index contributed by atoms with van der Waals surface area (Å²) in [5, 5.41) is 2.24. The summed E-state index contributed by atoms with van der Waals surface area (Å²) in [6.07, 6.45) is 5.38. The smallest absolute Gasteiger partial charge is 0.262 e. The Kier molecular flexibility index (Phi) is 10.8. The summed E-state index contributed by atoms with van der Waals surface area (Å²) in [5.41, 5.74) is 6.00. The summed E-state index contributed by atoms with van der Waals surface area (Å²) < 4.78 is 14.9. The average molecular weight is 804 g/mol. The van der Waals surface area contributed by atoms with Crippen molar-refractivity contribution in [3.8, 4) is 0 Å². The van der Waals surface area contributed by atoms with Crippen molar-refractivity contribution < 1.29 is 28.4 Å². The van der Waals surface area contributed by atoms with Crippen molar-refractivity contribution in [3.63, 3.8) is 0 Å². The number of halogens is 1. The molecule has 5 heterocycles. The Morgan fingerprint density at radius 1 is 0.763 bits per heavy atom. The molecule has 3 aromatic carbocycles. The van der Waals surface area contributed by atoms with Gasteiger partial charge in [-0.05, 0) is 106 Å². The van der Waals surface area contributed by atoms with E-state index in [2.05, 4.69) is 69.3 Å². The first-order valence-electron chi connectivity index (χ1n) is 21.4. The molecule has 0 aromatic heterocycles. The number of aryl methyl sites for hydroxylation is 1. The van der Waals surface area contributed by atoms with Crippen LogP contribution in [0.3, 0.4) is 0 Å². The molecule has 0 saturated carbocycles. The lowest BCUT2D eigenvalue weighted by atomic mass is 9.91. The zero-order valence-electron chi connectivity index (χ0n) is 34.1. The lowest BCUT2D eigenvalue weighted by molar-refractivity contribution is -0.136. The molecule has 4 fully saturated rings. The van der Waals surface area contributed by atoms with Crippen LogP contribution < -0.4 is 15.1 Å². The van der Waals surface area contributed by atoms with Crippen molar-refractivity contribution in [1.82, 2.24) is 24.9 Å². The Labute approximate surface area is 345 Å². The van der Waals surface area contributed by atoms with E-state index in [1.807, 2.05) is 17.0 Å². The number of likely N-dealkylation sites (N-methyl/N-ethyl adjacent to an activating group) is 1. The third-order valence-electron chi connectivity index (χ3n) is 14.1. The summed E-state index contributed by atoms with van der Waals surface area (Å²) in [6, 6.07) is 19.3. The standard InChI is InChI=1S/C46H54FN7O5/c1-49(2)40-28-53(38-14-9-31-4-3-5-37(47)43(31)38)27-36(40)30-7-10-32(11-8-30)51-22-24-52(25-23-51)42(56)17-6-29-18-20-50(21-19-29)33-12-13-34-35(26-33)46(59)54(45(34)58)39-15-16-41(55)48-44(39)57/h3-5,7-8,10-13,26,29,36,38-40H,6,9,14-25,27-28H2,1-2H3,(H,48,55,57)/t36-,38?,39?,40+/m1/s1. The number of hydrogen-bond acceptors (Lipinski definition) is 9. The number of benzene rings is 3. The average Bonchev–Trinajstić information content (AvgIpc) is 3.96.